The number of rotatable bonds is 10. The van der Waals surface area contributed by atoms with Crippen LogP contribution in [0.25, 0.3) is 0 Å². The van der Waals surface area contributed by atoms with Crippen molar-refractivity contribution >= 4 is 0 Å². The van der Waals surface area contributed by atoms with Gasteiger partial charge < -0.3 is 24.3 Å². The van der Waals surface area contributed by atoms with Crippen LogP contribution in [-0.2, 0) is 16.7 Å². The van der Waals surface area contributed by atoms with Crippen LogP contribution in [0.2, 0.25) is 0 Å². The minimum Gasteiger partial charge on any atom is -0.497 e. The van der Waals surface area contributed by atoms with E-state index in [9.17, 15) is 0 Å². The SMILES string of the molecule is CC[C@@]1(C)C[C@@](CC[NH2+]Cc2ccc(OC)c(OC)c2)(c2ccc(OC)cc2)CCO1. The van der Waals surface area contributed by atoms with Crippen LogP contribution in [0.4, 0.5) is 0 Å². The zero-order valence-electron chi connectivity index (χ0n) is 19.7. The molecule has 0 radical (unpaired) electrons. The topological polar surface area (TPSA) is 53.5 Å². The fraction of sp³-hybridized carbons (Fsp3) is 0.538. The van der Waals surface area contributed by atoms with Crippen LogP contribution >= 0.6 is 0 Å². The van der Waals surface area contributed by atoms with Crippen molar-refractivity contribution in [2.75, 3.05) is 34.5 Å². The van der Waals surface area contributed by atoms with Gasteiger partial charge in [-0.25, -0.2) is 0 Å². The first-order chi connectivity index (χ1) is 15.0. The molecule has 2 N–H and O–H groups in total. The Morgan fingerprint density at radius 2 is 1.71 bits per heavy atom. The minimum absolute atomic E-state index is 0.0679. The highest BCUT2D eigenvalue weighted by Gasteiger charge is 2.43. The third-order valence-electron chi connectivity index (χ3n) is 6.85. The Labute approximate surface area is 187 Å². The third kappa shape index (κ3) is 5.52. The normalized spacial score (nSPS) is 23.4. The van der Waals surface area contributed by atoms with Gasteiger partial charge in [-0.1, -0.05) is 19.1 Å². The molecule has 31 heavy (non-hydrogen) atoms. The molecular weight excluding hydrogens is 390 g/mol. The van der Waals surface area contributed by atoms with Crippen molar-refractivity contribution in [3.8, 4) is 17.2 Å². The van der Waals surface area contributed by atoms with E-state index in [2.05, 4.69) is 55.6 Å². The van der Waals surface area contributed by atoms with Crippen molar-refractivity contribution in [2.24, 2.45) is 0 Å². The second kappa shape index (κ2) is 10.4. The second-order valence-electron chi connectivity index (χ2n) is 8.81. The molecule has 0 amide bonds. The molecule has 170 valence electrons. The molecule has 5 heteroatoms. The van der Waals surface area contributed by atoms with E-state index in [1.54, 1.807) is 21.3 Å². The van der Waals surface area contributed by atoms with Crippen molar-refractivity contribution in [1.82, 2.24) is 0 Å². The fourth-order valence-corrected chi connectivity index (χ4v) is 4.78. The number of nitrogens with two attached hydrogens (primary N) is 1. The van der Waals surface area contributed by atoms with Gasteiger partial charge in [-0.15, -0.1) is 0 Å². The van der Waals surface area contributed by atoms with Gasteiger partial charge in [0.15, 0.2) is 11.5 Å². The minimum atomic E-state index is -0.0679. The summed E-state index contributed by atoms with van der Waals surface area (Å²) in [7, 11) is 5.07. The number of benzene rings is 2. The van der Waals surface area contributed by atoms with Gasteiger partial charge in [0.2, 0.25) is 0 Å². The Hall–Kier alpha value is -2.24. The molecule has 2 aromatic rings. The van der Waals surface area contributed by atoms with E-state index in [0.29, 0.717) is 0 Å². The summed E-state index contributed by atoms with van der Waals surface area (Å²) in [6, 6.07) is 14.8. The molecule has 0 aliphatic carbocycles. The van der Waals surface area contributed by atoms with E-state index in [1.165, 1.54) is 11.1 Å². The van der Waals surface area contributed by atoms with Gasteiger partial charge in [0.1, 0.15) is 12.3 Å². The first-order valence-electron chi connectivity index (χ1n) is 11.3. The summed E-state index contributed by atoms with van der Waals surface area (Å²) in [5, 5.41) is 2.39. The number of quaternary nitrogens is 1. The molecule has 2 atom stereocenters. The molecule has 0 spiro atoms. The molecule has 1 aliphatic rings. The molecule has 1 heterocycles. The van der Waals surface area contributed by atoms with E-state index < -0.39 is 0 Å². The Morgan fingerprint density at radius 3 is 2.35 bits per heavy atom. The molecule has 2 aromatic carbocycles. The van der Waals surface area contributed by atoms with Gasteiger partial charge in [0, 0.05) is 24.0 Å². The Morgan fingerprint density at radius 1 is 0.968 bits per heavy atom. The van der Waals surface area contributed by atoms with E-state index >= 15 is 0 Å². The van der Waals surface area contributed by atoms with Crippen molar-refractivity contribution < 1.29 is 24.3 Å². The Bertz CT molecular complexity index is 838. The largest absolute Gasteiger partial charge is 0.497 e. The third-order valence-corrected chi connectivity index (χ3v) is 6.85. The first-order valence-corrected chi connectivity index (χ1v) is 11.3. The summed E-state index contributed by atoms with van der Waals surface area (Å²) < 4.78 is 22.4. The average Bonchev–Trinajstić information content (AvgIpc) is 2.81. The summed E-state index contributed by atoms with van der Waals surface area (Å²) >= 11 is 0. The zero-order chi connectivity index (χ0) is 22.3. The van der Waals surface area contributed by atoms with Crippen molar-refractivity contribution in [1.29, 1.82) is 0 Å². The van der Waals surface area contributed by atoms with Crippen LogP contribution in [0, 0.1) is 0 Å². The van der Waals surface area contributed by atoms with Gasteiger partial charge in [-0.05, 0) is 62.1 Å². The van der Waals surface area contributed by atoms with Gasteiger partial charge >= 0.3 is 0 Å². The maximum atomic E-state index is 6.20. The average molecular weight is 429 g/mol. The molecule has 1 fully saturated rings. The van der Waals surface area contributed by atoms with E-state index in [1.807, 2.05) is 6.07 Å². The van der Waals surface area contributed by atoms with Crippen LogP contribution in [-0.4, -0.2) is 40.1 Å². The maximum absolute atomic E-state index is 6.20. The summed E-state index contributed by atoms with van der Waals surface area (Å²) in [5.41, 5.74) is 2.70. The molecule has 5 nitrogen and oxygen atoms in total. The highest BCUT2D eigenvalue weighted by molar-refractivity contribution is 5.42. The number of hydrogen-bond donors (Lipinski definition) is 1. The lowest BCUT2D eigenvalue weighted by Gasteiger charge is -2.46. The van der Waals surface area contributed by atoms with Crippen molar-refractivity contribution in [2.45, 2.75) is 57.1 Å². The predicted molar refractivity (Wildman–Crippen MR) is 123 cm³/mol. The number of ether oxygens (including phenoxy) is 4. The summed E-state index contributed by atoms with van der Waals surface area (Å²) in [6.07, 6.45) is 4.25. The lowest BCUT2D eigenvalue weighted by molar-refractivity contribution is -0.672. The highest BCUT2D eigenvalue weighted by Crippen LogP contribution is 2.45. The predicted octanol–water partition coefficient (Wildman–Crippen LogP) is 4.08. The molecule has 0 saturated carbocycles. The van der Waals surface area contributed by atoms with Crippen molar-refractivity contribution in [3.63, 3.8) is 0 Å². The quantitative estimate of drug-likeness (QED) is 0.580. The van der Waals surface area contributed by atoms with Crippen LogP contribution in [0.5, 0.6) is 17.2 Å². The van der Waals surface area contributed by atoms with Crippen LogP contribution in [0.1, 0.15) is 50.7 Å². The number of hydrogen-bond acceptors (Lipinski definition) is 4. The fourth-order valence-electron chi connectivity index (χ4n) is 4.78. The van der Waals surface area contributed by atoms with Gasteiger partial charge in [0.25, 0.3) is 0 Å². The molecule has 3 rings (SSSR count). The van der Waals surface area contributed by atoms with Crippen LogP contribution in [0.15, 0.2) is 42.5 Å². The first kappa shape index (κ1) is 23.4. The summed E-state index contributed by atoms with van der Waals surface area (Å²) in [4.78, 5) is 0. The van der Waals surface area contributed by atoms with E-state index in [0.717, 1.165) is 62.6 Å². The molecule has 0 aromatic heterocycles. The van der Waals surface area contributed by atoms with Crippen molar-refractivity contribution in [3.05, 3.63) is 53.6 Å². The van der Waals surface area contributed by atoms with Crippen LogP contribution in [0.3, 0.4) is 0 Å². The van der Waals surface area contributed by atoms with E-state index in [-0.39, 0.29) is 11.0 Å². The Balaban J connectivity index is 1.70. The standard InChI is InChI=1S/C26H37NO4/c1-6-25(2)19-26(14-16-31-25,21-8-10-22(28-3)11-9-21)13-15-27-18-20-7-12-23(29-4)24(17-20)30-5/h7-12,17,27H,6,13-16,18-19H2,1-5H3/p+1/t25-,26-/m0/s1. The number of methoxy groups -OCH3 is 3. The second-order valence-corrected chi connectivity index (χ2v) is 8.81. The van der Waals surface area contributed by atoms with E-state index in [4.69, 9.17) is 18.9 Å². The zero-order valence-corrected chi connectivity index (χ0v) is 19.7. The molecule has 1 saturated heterocycles. The van der Waals surface area contributed by atoms with Gasteiger partial charge in [0.05, 0.1) is 33.5 Å². The maximum Gasteiger partial charge on any atom is 0.161 e. The lowest BCUT2D eigenvalue weighted by atomic mass is 9.66. The summed E-state index contributed by atoms with van der Waals surface area (Å²) in [6.45, 7) is 7.28. The molecular formula is C26H38NO4+. The van der Waals surface area contributed by atoms with Gasteiger partial charge in [-0.2, -0.15) is 0 Å². The smallest absolute Gasteiger partial charge is 0.161 e. The monoisotopic (exact) mass is 428 g/mol. The lowest BCUT2D eigenvalue weighted by Crippen LogP contribution is -2.83. The molecule has 0 unspecified atom stereocenters. The highest BCUT2D eigenvalue weighted by atomic mass is 16.5. The molecule has 1 aliphatic heterocycles. The van der Waals surface area contributed by atoms with Gasteiger partial charge in [-0.3, -0.25) is 0 Å². The Kier molecular flexibility index (Phi) is 7.84. The summed E-state index contributed by atoms with van der Waals surface area (Å²) in [5.74, 6) is 2.46. The molecule has 0 bridgehead atoms. The van der Waals surface area contributed by atoms with Crippen LogP contribution < -0.4 is 19.5 Å².